The molecule has 4 heteroatoms. The van der Waals surface area contributed by atoms with E-state index in [1.165, 1.54) is 6.26 Å². The maximum absolute atomic E-state index is 12.1. The molecule has 0 radical (unpaired) electrons. The Hall–Kier alpha value is -1.74. The number of nitrogens with zero attached hydrogens (tertiary/aromatic N) is 1. The zero-order valence-corrected chi connectivity index (χ0v) is 11.1. The molecular weight excluding hydrogens is 250 g/mol. The number of furan rings is 1. The molecule has 2 rings (SSSR count). The molecule has 0 spiro atoms. The van der Waals surface area contributed by atoms with Gasteiger partial charge in [-0.05, 0) is 30.7 Å². The number of amides is 1. The Labute approximate surface area is 111 Å². The highest BCUT2D eigenvalue weighted by molar-refractivity contribution is 6.30. The number of rotatable bonds is 3. The van der Waals surface area contributed by atoms with Crippen molar-refractivity contribution in [3.63, 3.8) is 0 Å². The fraction of sp³-hybridized carbons (Fsp3) is 0.214. The quantitative estimate of drug-likeness (QED) is 0.849. The van der Waals surface area contributed by atoms with E-state index in [0.29, 0.717) is 22.9 Å². The number of aryl methyl sites for hydroxylation is 1. The van der Waals surface area contributed by atoms with Gasteiger partial charge in [-0.1, -0.05) is 23.7 Å². The molecule has 2 aromatic rings. The van der Waals surface area contributed by atoms with Crippen LogP contribution in [0.2, 0.25) is 5.02 Å². The summed E-state index contributed by atoms with van der Waals surface area (Å²) in [5.74, 6) is 0.583. The maximum atomic E-state index is 12.1. The minimum Gasteiger partial charge on any atom is -0.469 e. The summed E-state index contributed by atoms with van der Waals surface area (Å²) in [6.07, 6.45) is 1.52. The largest absolute Gasteiger partial charge is 0.469 e. The summed E-state index contributed by atoms with van der Waals surface area (Å²) in [5.41, 5.74) is 1.60. The minimum absolute atomic E-state index is 0.0544. The fourth-order valence-corrected chi connectivity index (χ4v) is 2.01. The molecule has 1 heterocycles. The molecule has 3 nitrogen and oxygen atoms in total. The zero-order chi connectivity index (χ0) is 13.1. The third kappa shape index (κ3) is 2.74. The van der Waals surface area contributed by atoms with Crippen LogP contribution in [0.3, 0.4) is 0 Å². The monoisotopic (exact) mass is 263 g/mol. The minimum atomic E-state index is -0.0544. The van der Waals surface area contributed by atoms with Gasteiger partial charge in [0.25, 0.3) is 5.91 Å². The van der Waals surface area contributed by atoms with E-state index in [1.807, 2.05) is 24.3 Å². The Morgan fingerprint density at radius 1 is 1.39 bits per heavy atom. The summed E-state index contributed by atoms with van der Waals surface area (Å²) in [6.45, 7) is 2.30. The standard InChI is InChI=1S/C14H14ClNO2/c1-10-13(6-7-18-10)14(17)16(2)9-11-4-3-5-12(15)8-11/h3-8H,9H2,1-2H3. The van der Waals surface area contributed by atoms with Gasteiger partial charge in [0.15, 0.2) is 0 Å². The second kappa shape index (κ2) is 5.27. The Morgan fingerprint density at radius 3 is 2.78 bits per heavy atom. The summed E-state index contributed by atoms with van der Waals surface area (Å²) >= 11 is 5.91. The lowest BCUT2D eigenvalue weighted by Crippen LogP contribution is -2.26. The molecule has 0 saturated heterocycles. The van der Waals surface area contributed by atoms with Gasteiger partial charge in [0.1, 0.15) is 5.76 Å². The van der Waals surface area contributed by atoms with Crippen molar-refractivity contribution in [2.75, 3.05) is 7.05 Å². The predicted octanol–water partition coefficient (Wildman–Crippen LogP) is 3.51. The van der Waals surface area contributed by atoms with Crippen molar-refractivity contribution in [2.24, 2.45) is 0 Å². The van der Waals surface area contributed by atoms with Gasteiger partial charge in [0, 0.05) is 18.6 Å². The van der Waals surface area contributed by atoms with Crippen LogP contribution in [0.25, 0.3) is 0 Å². The predicted molar refractivity (Wildman–Crippen MR) is 70.7 cm³/mol. The van der Waals surface area contributed by atoms with Crippen LogP contribution in [0.4, 0.5) is 0 Å². The van der Waals surface area contributed by atoms with Crippen molar-refractivity contribution < 1.29 is 9.21 Å². The van der Waals surface area contributed by atoms with Crippen molar-refractivity contribution >= 4 is 17.5 Å². The van der Waals surface area contributed by atoms with Crippen LogP contribution in [0.15, 0.2) is 41.0 Å². The van der Waals surface area contributed by atoms with Crippen LogP contribution in [-0.4, -0.2) is 17.9 Å². The van der Waals surface area contributed by atoms with Crippen molar-refractivity contribution in [3.05, 3.63) is 58.5 Å². The number of hydrogen-bond donors (Lipinski definition) is 0. The van der Waals surface area contributed by atoms with Crippen molar-refractivity contribution in [1.82, 2.24) is 4.90 Å². The smallest absolute Gasteiger partial charge is 0.257 e. The first kappa shape index (κ1) is 12.7. The highest BCUT2D eigenvalue weighted by Gasteiger charge is 2.16. The van der Waals surface area contributed by atoms with Crippen LogP contribution in [0, 0.1) is 6.92 Å². The van der Waals surface area contributed by atoms with Crippen molar-refractivity contribution in [1.29, 1.82) is 0 Å². The van der Waals surface area contributed by atoms with Crippen LogP contribution >= 0.6 is 11.6 Å². The summed E-state index contributed by atoms with van der Waals surface area (Å²) in [6, 6.07) is 9.17. The average Bonchev–Trinajstić information content (AvgIpc) is 2.74. The summed E-state index contributed by atoms with van der Waals surface area (Å²) in [5, 5.41) is 0.674. The number of carbonyl (C=O) groups excluding carboxylic acids is 1. The van der Waals surface area contributed by atoms with Gasteiger partial charge < -0.3 is 9.32 Å². The van der Waals surface area contributed by atoms with Gasteiger partial charge in [-0.2, -0.15) is 0 Å². The Morgan fingerprint density at radius 2 is 2.17 bits per heavy atom. The molecule has 0 fully saturated rings. The van der Waals surface area contributed by atoms with Crippen LogP contribution < -0.4 is 0 Å². The lowest BCUT2D eigenvalue weighted by Gasteiger charge is -2.17. The first-order chi connectivity index (χ1) is 8.58. The van der Waals surface area contributed by atoms with Gasteiger partial charge in [-0.15, -0.1) is 0 Å². The lowest BCUT2D eigenvalue weighted by atomic mass is 10.2. The zero-order valence-electron chi connectivity index (χ0n) is 10.3. The Balaban J connectivity index is 2.11. The molecule has 94 valence electrons. The fourth-order valence-electron chi connectivity index (χ4n) is 1.79. The number of hydrogen-bond acceptors (Lipinski definition) is 2. The summed E-state index contributed by atoms with van der Waals surface area (Å²) < 4.78 is 5.14. The Bertz CT molecular complexity index is 562. The normalized spacial score (nSPS) is 10.4. The molecule has 1 amide bonds. The van der Waals surface area contributed by atoms with E-state index in [1.54, 1.807) is 24.9 Å². The number of carbonyl (C=O) groups is 1. The van der Waals surface area contributed by atoms with E-state index in [0.717, 1.165) is 5.56 Å². The molecular formula is C14H14ClNO2. The molecule has 1 aromatic carbocycles. The van der Waals surface area contributed by atoms with Gasteiger partial charge in [-0.25, -0.2) is 0 Å². The van der Waals surface area contributed by atoms with Gasteiger partial charge in [0.2, 0.25) is 0 Å². The van der Waals surface area contributed by atoms with E-state index in [2.05, 4.69) is 0 Å². The molecule has 0 N–H and O–H groups in total. The third-order valence-corrected chi connectivity index (χ3v) is 2.98. The van der Waals surface area contributed by atoms with Gasteiger partial charge in [-0.3, -0.25) is 4.79 Å². The van der Waals surface area contributed by atoms with Crippen LogP contribution in [-0.2, 0) is 6.54 Å². The summed E-state index contributed by atoms with van der Waals surface area (Å²) in [7, 11) is 1.76. The second-order valence-corrected chi connectivity index (χ2v) is 4.62. The molecule has 0 bridgehead atoms. The number of halogens is 1. The molecule has 0 aliphatic heterocycles. The lowest BCUT2D eigenvalue weighted by molar-refractivity contribution is 0.0783. The molecule has 18 heavy (non-hydrogen) atoms. The molecule has 0 unspecified atom stereocenters. The highest BCUT2D eigenvalue weighted by Crippen LogP contribution is 2.15. The van der Waals surface area contributed by atoms with Crippen LogP contribution in [0.5, 0.6) is 0 Å². The number of benzene rings is 1. The molecule has 0 saturated carbocycles. The molecule has 0 atom stereocenters. The van der Waals surface area contributed by atoms with Crippen molar-refractivity contribution in [3.8, 4) is 0 Å². The van der Waals surface area contributed by atoms with E-state index in [-0.39, 0.29) is 5.91 Å². The highest BCUT2D eigenvalue weighted by atomic mass is 35.5. The van der Waals surface area contributed by atoms with Gasteiger partial charge in [0.05, 0.1) is 11.8 Å². The summed E-state index contributed by atoms with van der Waals surface area (Å²) in [4.78, 5) is 13.8. The molecule has 0 aliphatic carbocycles. The first-order valence-corrected chi connectivity index (χ1v) is 5.99. The van der Waals surface area contributed by atoms with E-state index < -0.39 is 0 Å². The maximum Gasteiger partial charge on any atom is 0.257 e. The van der Waals surface area contributed by atoms with Crippen LogP contribution in [0.1, 0.15) is 21.7 Å². The molecule has 1 aromatic heterocycles. The average molecular weight is 264 g/mol. The molecule has 0 aliphatic rings. The van der Waals surface area contributed by atoms with Gasteiger partial charge >= 0.3 is 0 Å². The second-order valence-electron chi connectivity index (χ2n) is 4.18. The van der Waals surface area contributed by atoms with E-state index >= 15 is 0 Å². The van der Waals surface area contributed by atoms with E-state index in [4.69, 9.17) is 16.0 Å². The Kier molecular flexibility index (Phi) is 3.72. The van der Waals surface area contributed by atoms with Crippen molar-refractivity contribution in [2.45, 2.75) is 13.5 Å². The third-order valence-electron chi connectivity index (χ3n) is 2.74. The first-order valence-electron chi connectivity index (χ1n) is 5.62. The SMILES string of the molecule is Cc1occc1C(=O)N(C)Cc1cccc(Cl)c1. The topological polar surface area (TPSA) is 33.5 Å². The van der Waals surface area contributed by atoms with E-state index in [9.17, 15) is 4.79 Å².